The van der Waals surface area contributed by atoms with Gasteiger partial charge in [0.2, 0.25) is 0 Å². The number of hydrogen-bond acceptors (Lipinski definition) is 4. The molecule has 1 heterocycles. The van der Waals surface area contributed by atoms with E-state index in [4.69, 9.17) is 15.2 Å². The summed E-state index contributed by atoms with van der Waals surface area (Å²) in [5, 5.41) is 3.25. The lowest BCUT2D eigenvalue weighted by Crippen LogP contribution is -2.36. The summed E-state index contributed by atoms with van der Waals surface area (Å²) >= 11 is 0. The highest BCUT2D eigenvalue weighted by Gasteiger charge is 2.23. The Kier molecular flexibility index (Phi) is 9.16. The summed E-state index contributed by atoms with van der Waals surface area (Å²) in [7, 11) is 3.35. The highest BCUT2D eigenvalue weighted by atomic mass is 127. The number of nitrogens with zero attached hydrogens (tertiary/aromatic N) is 2. The van der Waals surface area contributed by atoms with Crippen molar-refractivity contribution in [1.29, 1.82) is 0 Å². The lowest BCUT2D eigenvalue weighted by molar-refractivity contribution is 0.394. The molecule has 1 aliphatic rings. The molecule has 0 spiro atoms. The number of guanidine groups is 1. The van der Waals surface area contributed by atoms with Gasteiger partial charge < -0.3 is 25.4 Å². The Labute approximate surface area is 168 Å². The van der Waals surface area contributed by atoms with Gasteiger partial charge >= 0.3 is 0 Å². The van der Waals surface area contributed by atoms with E-state index < -0.39 is 0 Å². The summed E-state index contributed by atoms with van der Waals surface area (Å²) in [6, 6.07) is 6.00. The zero-order valence-electron chi connectivity index (χ0n) is 15.6. The van der Waals surface area contributed by atoms with E-state index in [1.165, 1.54) is 0 Å². The summed E-state index contributed by atoms with van der Waals surface area (Å²) in [5.41, 5.74) is 7.05. The Balaban J connectivity index is 0.00000312. The van der Waals surface area contributed by atoms with Gasteiger partial charge in [0, 0.05) is 50.1 Å². The topological polar surface area (TPSA) is 72.1 Å². The van der Waals surface area contributed by atoms with Crippen LogP contribution in [0.25, 0.3) is 0 Å². The molecular weight excluding hydrogens is 431 g/mol. The largest absolute Gasteiger partial charge is 0.497 e. The summed E-state index contributed by atoms with van der Waals surface area (Å²) < 4.78 is 10.7. The van der Waals surface area contributed by atoms with Gasteiger partial charge in [0.15, 0.2) is 5.96 Å². The quantitative estimate of drug-likeness (QED) is 0.371. The van der Waals surface area contributed by atoms with Crippen LogP contribution in [0.5, 0.6) is 11.5 Å². The predicted molar refractivity (Wildman–Crippen MR) is 115 cm³/mol. The fraction of sp³-hybridized carbons (Fsp3) is 0.611. The first-order valence-corrected chi connectivity index (χ1v) is 8.53. The fourth-order valence-electron chi connectivity index (χ4n) is 2.79. The summed E-state index contributed by atoms with van der Waals surface area (Å²) in [4.78, 5) is 6.70. The van der Waals surface area contributed by atoms with Crippen LogP contribution < -0.4 is 25.4 Å². The minimum absolute atomic E-state index is 0. The number of hydrogen-bond donors (Lipinski definition) is 2. The van der Waals surface area contributed by atoms with Gasteiger partial charge in [-0.2, -0.15) is 0 Å². The molecule has 2 rings (SSSR count). The van der Waals surface area contributed by atoms with E-state index in [1.54, 1.807) is 14.2 Å². The Bertz CT molecular complexity index is 544. The highest BCUT2D eigenvalue weighted by molar-refractivity contribution is 14.0. The van der Waals surface area contributed by atoms with E-state index in [1.807, 2.05) is 6.07 Å². The van der Waals surface area contributed by atoms with Crippen molar-refractivity contribution in [1.82, 2.24) is 5.32 Å². The monoisotopic (exact) mass is 462 g/mol. The third-order valence-electron chi connectivity index (χ3n) is 4.19. The van der Waals surface area contributed by atoms with Crippen LogP contribution in [0.3, 0.4) is 0 Å². The van der Waals surface area contributed by atoms with Gasteiger partial charge in [-0.3, -0.25) is 4.99 Å². The molecule has 0 bridgehead atoms. The van der Waals surface area contributed by atoms with Gasteiger partial charge in [-0.25, -0.2) is 0 Å². The Hall–Kier alpha value is -1.38. The molecule has 1 aliphatic heterocycles. The second-order valence-corrected chi connectivity index (χ2v) is 6.67. The van der Waals surface area contributed by atoms with E-state index in [0.717, 1.165) is 49.8 Å². The van der Waals surface area contributed by atoms with Crippen molar-refractivity contribution in [3.63, 3.8) is 0 Å². The highest BCUT2D eigenvalue weighted by Crippen LogP contribution is 2.31. The minimum Gasteiger partial charge on any atom is -0.497 e. The second-order valence-electron chi connectivity index (χ2n) is 6.67. The van der Waals surface area contributed by atoms with Crippen LogP contribution in [-0.4, -0.2) is 46.4 Å². The number of benzene rings is 1. The van der Waals surface area contributed by atoms with E-state index >= 15 is 0 Å². The van der Waals surface area contributed by atoms with Gasteiger partial charge in [0.1, 0.15) is 11.5 Å². The zero-order chi connectivity index (χ0) is 17.5. The number of ether oxygens (including phenoxy) is 2. The molecule has 0 radical (unpaired) electrons. The van der Waals surface area contributed by atoms with Gasteiger partial charge in [-0.05, 0) is 18.3 Å². The summed E-state index contributed by atoms with van der Waals surface area (Å²) in [5.74, 6) is 3.25. The molecule has 142 valence electrons. The van der Waals surface area contributed by atoms with Crippen molar-refractivity contribution >= 4 is 35.6 Å². The molecule has 0 aromatic heterocycles. The molecule has 0 aliphatic carbocycles. The Morgan fingerprint density at radius 2 is 1.92 bits per heavy atom. The van der Waals surface area contributed by atoms with Crippen LogP contribution in [-0.2, 0) is 0 Å². The molecule has 7 heteroatoms. The number of nitrogens with two attached hydrogens (primary N) is 1. The molecule has 1 saturated heterocycles. The summed E-state index contributed by atoms with van der Waals surface area (Å²) in [6.07, 6.45) is 1.13. The molecule has 1 unspecified atom stereocenters. The molecule has 1 aromatic rings. The van der Waals surface area contributed by atoms with Gasteiger partial charge in [-0.15, -0.1) is 24.0 Å². The van der Waals surface area contributed by atoms with Crippen LogP contribution in [0.2, 0.25) is 0 Å². The van der Waals surface area contributed by atoms with Crippen molar-refractivity contribution in [2.24, 2.45) is 22.6 Å². The normalized spacial score (nSPS) is 17.4. The van der Waals surface area contributed by atoms with Gasteiger partial charge in [0.25, 0.3) is 0 Å². The number of anilines is 1. The van der Waals surface area contributed by atoms with Crippen LogP contribution in [0, 0.1) is 11.8 Å². The van der Waals surface area contributed by atoms with Crippen molar-refractivity contribution < 1.29 is 9.47 Å². The number of nitrogens with one attached hydrogen (secondary N) is 1. The lowest BCUT2D eigenvalue weighted by Gasteiger charge is -2.20. The van der Waals surface area contributed by atoms with Crippen LogP contribution in [0.1, 0.15) is 20.3 Å². The molecule has 1 aromatic carbocycles. The van der Waals surface area contributed by atoms with E-state index in [-0.39, 0.29) is 24.0 Å². The van der Waals surface area contributed by atoms with Gasteiger partial charge in [-0.1, -0.05) is 13.8 Å². The second kappa shape index (κ2) is 10.6. The number of halogens is 1. The first kappa shape index (κ1) is 21.7. The fourth-order valence-corrected chi connectivity index (χ4v) is 2.79. The molecule has 0 saturated carbocycles. The predicted octanol–water partition coefficient (Wildman–Crippen LogP) is 2.71. The van der Waals surface area contributed by atoms with Crippen LogP contribution >= 0.6 is 24.0 Å². The lowest BCUT2D eigenvalue weighted by atomic mass is 10.1. The van der Waals surface area contributed by atoms with Crippen LogP contribution in [0.4, 0.5) is 5.69 Å². The van der Waals surface area contributed by atoms with Gasteiger partial charge in [0.05, 0.1) is 14.2 Å². The van der Waals surface area contributed by atoms with E-state index in [2.05, 4.69) is 41.2 Å². The third-order valence-corrected chi connectivity index (χ3v) is 4.19. The van der Waals surface area contributed by atoms with E-state index in [9.17, 15) is 0 Å². The van der Waals surface area contributed by atoms with E-state index in [0.29, 0.717) is 17.8 Å². The molecule has 0 amide bonds. The Morgan fingerprint density at radius 3 is 2.48 bits per heavy atom. The number of methoxy groups -OCH3 is 2. The smallest absolute Gasteiger partial charge is 0.188 e. The molecule has 6 nitrogen and oxygen atoms in total. The Morgan fingerprint density at radius 1 is 1.28 bits per heavy atom. The molecular formula is C18H31IN4O2. The maximum absolute atomic E-state index is 5.91. The van der Waals surface area contributed by atoms with Crippen molar-refractivity contribution in [3.8, 4) is 11.5 Å². The molecule has 1 atom stereocenters. The average Bonchev–Trinajstić information content (AvgIpc) is 3.06. The first-order valence-electron chi connectivity index (χ1n) is 8.53. The van der Waals surface area contributed by atoms with Crippen molar-refractivity contribution in [2.75, 3.05) is 45.3 Å². The number of aliphatic imine (C=N–C) groups is 1. The molecule has 1 fully saturated rings. The first-order chi connectivity index (χ1) is 11.5. The van der Waals surface area contributed by atoms with Crippen molar-refractivity contribution in [3.05, 3.63) is 18.2 Å². The number of rotatable bonds is 7. The molecule has 3 N–H and O–H groups in total. The maximum atomic E-state index is 5.91. The zero-order valence-corrected chi connectivity index (χ0v) is 17.9. The maximum Gasteiger partial charge on any atom is 0.188 e. The minimum atomic E-state index is 0. The SMILES string of the molecule is COc1cc(OC)cc(N2CCC(CNC(N)=NCC(C)C)C2)c1.I. The van der Waals surface area contributed by atoms with Crippen LogP contribution in [0.15, 0.2) is 23.2 Å². The summed E-state index contributed by atoms with van der Waals surface area (Å²) in [6.45, 7) is 7.89. The average molecular weight is 462 g/mol. The third kappa shape index (κ3) is 6.80. The standard InChI is InChI=1S/C18H30N4O2.HI/c1-13(2)10-20-18(19)21-11-14-5-6-22(12-14)15-7-16(23-3)9-17(8-15)24-4;/h7-9,13-14H,5-6,10-12H2,1-4H3,(H3,19,20,21);1H. The molecule has 25 heavy (non-hydrogen) atoms. The van der Waals surface area contributed by atoms with Crippen molar-refractivity contribution in [2.45, 2.75) is 20.3 Å².